The third kappa shape index (κ3) is 4.57. The molecule has 1 aromatic carbocycles. The van der Waals surface area contributed by atoms with Gasteiger partial charge in [-0.25, -0.2) is 4.79 Å². The summed E-state index contributed by atoms with van der Waals surface area (Å²) in [5.41, 5.74) is -1.46. The highest BCUT2D eigenvalue weighted by Crippen LogP contribution is 2.25. The standard InChI is InChI=1S/C19H25NO3/c1-15(2)9-12-19(22,16-7-5-4-6-8-16)18(21)23-17-10-13-20(3)14-11-17/h4-8,15,17,22H,10-11,13-14H2,1-3H3. The van der Waals surface area contributed by atoms with Crippen molar-refractivity contribution in [1.82, 2.24) is 4.90 Å². The summed E-state index contributed by atoms with van der Waals surface area (Å²) in [5, 5.41) is 10.9. The van der Waals surface area contributed by atoms with E-state index in [0.717, 1.165) is 25.9 Å². The van der Waals surface area contributed by atoms with Gasteiger partial charge in [0.1, 0.15) is 6.10 Å². The molecular weight excluding hydrogens is 290 g/mol. The number of likely N-dealkylation sites (tertiary alicyclic amines) is 1. The molecule has 0 amide bonds. The van der Waals surface area contributed by atoms with E-state index in [1.54, 1.807) is 24.3 Å². The third-order valence-corrected chi connectivity index (χ3v) is 3.97. The van der Waals surface area contributed by atoms with E-state index in [-0.39, 0.29) is 12.0 Å². The number of rotatable bonds is 3. The van der Waals surface area contributed by atoms with Gasteiger partial charge >= 0.3 is 5.97 Å². The summed E-state index contributed by atoms with van der Waals surface area (Å²) in [4.78, 5) is 14.8. The van der Waals surface area contributed by atoms with Gasteiger partial charge < -0.3 is 14.7 Å². The van der Waals surface area contributed by atoms with Crippen molar-refractivity contribution < 1.29 is 14.6 Å². The van der Waals surface area contributed by atoms with Crippen molar-refractivity contribution in [3.8, 4) is 11.8 Å². The van der Waals surface area contributed by atoms with Crippen LogP contribution in [-0.2, 0) is 15.1 Å². The zero-order valence-electron chi connectivity index (χ0n) is 14.1. The number of carbonyl (C=O) groups excluding carboxylic acids is 1. The fourth-order valence-corrected chi connectivity index (χ4v) is 2.51. The number of hydrogen-bond donors (Lipinski definition) is 1. The lowest BCUT2D eigenvalue weighted by Crippen LogP contribution is -2.41. The molecule has 1 aliphatic rings. The first-order valence-electron chi connectivity index (χ1n) is 8.12. The topological polar surface area (TPSA) is 49.8 Å². The molecule has 1 fully saturated rings. The van der Waals surface area contributed by atoms with Gasteiger partial charge in [-0.3, -0.25) is 0 Å². The Morgan fingerprint density at radius 3 is 2.48 bits per heavy atom. The molecule has 0 radical (unpaired) electrons. The van der Waals surface area contributed by atoms with Crippen LogP contribution in [0.15, 0.2) is 30.3 Å². The van der Waals surface area contributed by atoms with Crippen LogP contribution in [0.4, 0.5) is 0 Å². The third-order valence-electron chi connectivity index (χ3n) is 3.97. The Morgan fingerprint density at radius 2 is 1.91 bits per heavy atom. The lowest BCUT2D eigenvalue weighted by molar-refractivity contribution is -0.168. The Labute approximate surface area is 138 Å². The normalized spacial score (nSPS) is 18.8. The van der Waals surface area contributed by atoms with Crippen LogP contribution in [0.3, 0.4) is 0 Å². The highest BCUT2D eigenvalue weighted by Gasteiger charge is 2.39. The fourth-order valence-electron chi connectivity index (χ4n) is 2.51. The summed E-state index contributed by atoms with van der Waals surface area (Å²) < 4.78 is 5.57. The molecule has 0 aliphatic carbocycles. The van der Waals surface area contributed by atoms with Crippen LogP contribution in [0.2, 0.25) is 0 Å². The number of carbonyl (C=O) groups is 1. The molecule has 1 N–H and O–H groups in total. The second-order valence-corrected chi connectivity index (χ2v) is 6.41. The number of aliphatic hydroxyl groups is 1. The first kappa shape index (κ1) is 17.5. The average molecular weight is 315 g/mol. The molecular formula is C19H25NO3. The summed E-state index contributed by atoms with van der Waals surface area (Å²) >= 11 is 0. The first-order chi connectivity index (χ1) is 10.9. The molecule has 23 heavy (non-hydrogen) atoms. The predicted octanol–water partition coefficient (Wildman–Crippen LogP) is 2.17. The lowest BCUT2D eigenvalue weighted by Gasteiger charge is -2.31. The molecule has 4 heteroatoms. The number of benzene rings is 1. The molecule has 0 spiro atoms. The average Bonchev–Trinajstić information content (AvgIpc) is 2.55. The zero-order valence-corrected chi connectivity index (χ0v) is 14.1. The molecule has 124 valence electrons. The second kappa shape index (κ2) is 7.63. The van der Waals surface area contributed by atoms with Crippen LogP contribution in [0.25, 0.3) is 0 Å². The molecule has 1 unspecified atom stereocenters. The number of hydrogen-bond acceptors (Lipinski definition) is 4. The van der Waals surface area contributed by atoms with E-state index in [4.69, 9.17) is 4.74 Å². The van der Waals surface area contributed by atoms with Gasteiger partial charge in [0.25, 0.3) is 0 Å². The van der Waals surface area contributed by atoms with Crippen LogP contribution in [0, 0.1) is 17.8 Å². The van der Waals surface area contributed by atoms with Crippen molar-refractivity contribution in [2.24, 2.45) is 5.92 Å². The predicted molar refractivity (Wildman–Crippen MR) is 89.6 cm³/mol. The molecule has 0 bridgehead atoms. The van der Waals surface area contributed by atoms with E-state index in [2.05, 4.69) is 16.7 Å². The lowest BCUT2D eigenvalue weighted by atomic mass is 9.93. The maximum atomic E-state index is 12.6. The smallest absolute Gasteiger partial charge is 0.356 e. The van der Waals surface area contributed by atoms with Crippen LogP contribution < -0.4 is 0 Å². The number of nitrogens with zero attached hydrogens (tertiary/aromatic N) is 1. The van der Waals surface area contributed by atoms with Gasteiger partial charge in [0.05, 0.1) is 0 Å². The van der Waals surface area contributed by atoms with Gasteiger partial charge in [-0.2, -0.15) is 0 Å². The summed E-state index contributed by atoms with van der Waals surface area (Å²) in [6.45, 7) is 5.61. The molecule has 1 atom stereocenters. The molecule has 1 heterocycles. The maximum Gasteiger partial charge on any atom is 0.356 e. The summed E-state index contributed by atoms with van der Waals surface area (Å²) in [7, 11) is 2.05. The molecule has 1 aromatic rings. The second-order valence-electron chi connectivity index (χ2n) is 6.41. The number of esters is 1. The van der Waals surface area contributed by atoms with Gasteiger partial charge in [-0.1, -0.05) is 56.0 Å². The molecule has 1 saturated heterocycles. The van der Waals surface area contributed by atoms with E-state index >= 15 is 0 Å². The molecule has 4 nitrogen and oxygen atoms in total. The Kier molecular flexibility index (Phi) is 5.81. The highest BCUT2D eigenvalue weighted by atomic mass is 16.6. The van der Waals surface area contributed by atoms with E-state index in [1.807, 2.05) is 27.0 Å². The van der Waals surface area contributed by atoms with Gasteiger partial charge in [0, 0.05) is 24.6 Å². The van der Waals surface area contributed by atoms with E-state index < -0.39 is 11.6 Å². The molecule has 1 aliphatic heterocycles. The molecule has 0 aromatic heterocycles. The van der Waals surface area contributed by atoms with Gasteiger partial charge in [-0.15, -0.1) is 0 Å². The summed E-state index contributed by atoms with van der Waals surface area (Å²) in [6, 6.07) is 8.79. The van der Waals surface area contributed by atoms with Crippen molar-refractivity contribution in [2.45, 2.75) is 38.4 Å². The van der Waals surface area contributed by atoms with Crippen LogP contribution in [0.5, 0.6) is 0 Å². The van der Waals surface area contributed by atoms with Crippen LogP contribution >= 0.6 is 0 Å². The van der Waals surface area contributed by atoms with Crippen molar-refractivity contribution >= 4 is 5.97 Å². The van der Waals surface area contributed by atoms with Crippen molar-refractivity contribution in [2.75, 3.05) is 20.1 Å². The van der Waals surface area contributed by atoms with Crippen molar-refractivity contribution in [1.29, 1.82) is 0 Å². The summed E-state index contributed by atoms with van der Waals surface area (Å²) in [6.07, 6.45) is 1.41. The fraction of sp³-hybridized carbons (Fsp3) is 0.526. The Morgan fingerprint density at radius 1 is 1.30 bits per heavy atom. The highest BCUT2D eigenvalue weighted by molar-refractivity contribution is 5.85. The van der Waals surface area contributed by atoms with Crippen molar-refractivity contribution in [3.63, 3.8) is 0 Å². The minimum absolute atomic E-state index is 0.0568. The van der Waals surface area contributed by atoms with Gasteiger partial charge in [0.2, 0.25) is 5.60 Å². The van der Waals surface area contributed by atoms with Gasteiger partial charge in [-0.05, 0) is 19.9 Å². The van der Waals surface area contributed by atoms with Crippen LogP contribution in [-0.4, -0.2) is 42.2 Å². The zero-order chi connectivity index (χ0) is 16.9. The van der Waals surface area contributed by atoms with Crippen molar-refractivity contribution in [3.05, 3.63) is 35.9 Å². The Hall–Kier alpha value is -1.83. The quantitative estimate of drug-likeness (QED) is 0.686. The Balaban J connectivity index is 2.20. The van der Waals surface area contributed by atoms with E-state index in [9.17, 15) is 9.90 Å². The molecule has 2 rings (SSSR count). The number of piperidine rings is 1. The first-order valence-corrected chi connectivity index (χ1v) is 8.12. The van der Waals surface area contributed by atoms with Gasteiger partial charge in [0.15, 0.2) is 0 Å². The monoisotopic (exact) mass is 315 g/mol. The van der Waals surface area contributed by atoms with E-state index in [1.165, 1.54) is 0 Å². The largest absolute Gasteiger partial charge is 0.459 e. The van der Waals surface area contributed by atoms with Crippen LogP contribution in [0.1, 0.15) is 32.3 Å². The Bertz CT molecular complexity index is 580. The molecule has 0 saturated carbocycles. The van der Waals surface area contributed by atoms with E-state index in [0.29, 0.717) is 5.56 Å². The minimum atomic E-state index is -1.91. The minimum Gasteiger partial charge on any atom is -0.459 e. The maximum absolute atomic E-state index is 12.6. The SMILES string of the molecule is CC(C)C#CC(O)(C(=O)OC1CCN(C)CC1)c1ccccc1. The number of ether oxygens (including phenoxy) is 1. The summed E-state index contributed by atoms with van der Waals surface area (Å²) in [5.74, 6) is 5.01.